The Morgan fingerprint density at radius 1 is 1.28 bits per heavy atom. The Balaban J connectivity index is 2.57. The molecule has 2 aromatic rings. The van der Waals surface area contributed by atoms with Crippen molar-refractivity contribution in [2.75, 3.05) is 11.5 Å². The van der Waals surface area contributed by atoms with Crippen LogP contribution in [-0.4, -0.2) is 24.0 Å². The molecule has 0 unspecified atom stereocenters. The molecule has 0 aliphatic carbocycles. The number of hydrogen-bond acceptors (Lipinski definition) is 4. The number of nitrogen functional groups attached to an aromatic ring is 1. The van der Waals surface area contributed by atoms with Gasteiger partial charge in [-0.15, -0.1) is 0 Å². The lowest BCUT2D eigenvalue weighted by Gasteiger charge is -2.09. The number of sulfone groups is 1. The fourth-order valence-electron chi connectivity index (χ4n) is 1.76. The number of rotatable bonds is 4. The SMILES string of the molecule is CCCS(=O)(=O)c1ccccc1-n1ccc(N)n1. The molecule has 0 aliphatic rings. The molecule has 0 atom stereocenters. The van der Waals surface area contributed by atoms with Gasteiger partial charge in [0.05, 0.1) is 16.3 Å². The van der Waals surface area contributed by atoms with Crippen LogP contribution in [-0.2, 0) is 9.84 Å². The molecule has 0 spiro atoms. The zero-order valence-corrected chi connectivity index (χ0v) is 10.9. The van der Waals surface area contributed by atoms with E-state index in [0.29, 0.717) is 17.9 Å². The van der Waals surface area contributed by atoms with Crippen LogP contribution in [0.25, 0.3) is 5.69 Å². The van der Waals surface area contributed by atoms with Crippen molar-refractivity contribution in [3.63, 3.8) is 0 Å². The number of hydrogen-bond donors (Lipinski definition) is 1. The molecule has 0 aliphatic heterocycles. The highest BCUT2D eigenvalue weighted by molar-refractivity contribution is 7.91. The van der Waals surface area contributed by atoms with Crippen LogP contribution >= 0.6 is 0 Å². The maximum Gasteiger partial charge on any atom is 0.180 e. The van der Waals surface area contributed by atoms with Crippen molar-refractivity contribution in [2.45, 2.75) is 18.2 Å². The van der Waals surface area contributed by atoms with E-state index >= 15 is 0 Å². The van der Waals surface area contributed by atoms with E-state index in [0.717, 1.165) is 0 Å². The van der Waals surface area contributed by atoms with Crippen LogP contribution in [0, 0.1) is 0 Å². The Labute approximate surface area is 106 Å². The molecule has 2 N–H and O–H groups in total. The summed E-state index contributed by atoms with van der Waals surface area (Å²) < 4.78 is 25.8. The summed E-state index contributed by atoms with van der Waals surface area (Å²) in [5.41, 5.74) is 6.08. The summed E-state index contributed by atoms with van der Waals surface area (Å²) in [4.78, 5) is 0.287. The smallest absolute Gasteiger partial charge is 0.180 e. The second kappa shape index (κ2) is 4.81. The number of para-hydroxylation sites is 1. The minimum absolute atomic E-state index is 0.126. The summed E-state index contributed by atoms with van der Waals surface area (Å²) in [5.74, 6) is 0.485. The average molecular weight is 265 g/mol. The fourth-order valence-corrected chi connectivity index (χ4v) is 3.28. The van der Waals surface area contributed by atoms with Crippen LogP contribution < -0.4 is 5.73 Å². The Morgan fingerprint density at radius 2 is 2.00 bits per heavy atom. The summed E-state index contributed by atoms with van der Waals surface area (Å²) in [6.07, 6.45) is 2.23. The van der Waals surface area contributed by atoms with Gasteiger partial charge in [0.1, 0.15) is 5.82 Å². The van der Waals surface area contributed by atoms with E-state index in [4.69, 9.17) is 5.73 Å². The zero-order valence-electron chi connectivity index (χ0n) is 10.1. The van der Waals surface area contributed by atoms with Crippen LogP contribution in [0.15, 0.2) is 41.4 Å². The van der Waals surface area contributed by atoms with Gasteiger partial charge in [0.2, 0.25) is 0 Å². The van der Waals surface area contributed by atoms with E-state index in [1.165, 1.54) is 4.68 Å². The first-order chi connectivity index (χ1) is 8.54. The first-order valence-electron chi connectivity index (χ1n) is 5.68. The van der Waals surface area contributed by atoms with Crippen LogP contribution in [0.5, 0.6) is 0 Å². The van der Waals surface area contributed by atoms with Crippen molar-refractivity contribution in [2.24, 2.45) is 0 Å². The van der Waals surface area contributed by atoms with Gasteiger partial charge in [-0.3, -0.25) is 0 Å². The molecular weight excluding hydrogens is 250 g/mol. The van der Waals surface area contributed by atoms with E-state index in [1.807, 2.05) is 6.92 Å². The average Bonchev–Trinajstić information content (AvgIpc) is 2.76. The van der Waals surface area contributed by atoms with Gasteiger partial charge in [0.15, 0.2) is 9.84 Å². The molecule has 1 heterocycles. The predicted octanol–water partition coefficient (Wildman–Crippen LogP) is 1.64. The minimum atomic E-state index is -3.28. The third-order valence-corrected chi connectivity index (χ3v) is 4.49. The molecule has 0 bridgehead atoms. The lowest BCUT2D eigenvalue weighted by atomic mass is 10.3. The third kappa shape index (κ3) is 2.38. The van der Waals surface area contributed by atoms with E-state index in [1.54, 1.807) is 36.5 Å². The van der Waals surface area contributed by atoms with Crippen LogP contribution in [0.1, 0.15) is 13.3 Å². The summed E-state index contributed by atoms with van der Waals surface area (Å²) in [6.45, 7) is 1.84. The second-order valence-corrected chi connectivity index (χ2v) is 6.05. The van der Waals surface area contributed by atoms with Crippen LogP contribution in [0.2, 0.25) is 0 Å². The molecule has 0 fully saturated rings. The quantitative estimate of drug-likeness (QED) is 0.911. The summed E-state index contributed by atoms with van der Waals surface area (Å²) in [6, 6.07) is 8.42. The molecule has 5 nitrogen and oxygen atoms in total. The van der Waals surface area contributed by atoms with Crippen molar-refractivity contribution in [1.82, 2.24) is 9.78 Å². The summed E-state index contributed by atoms with van der Waals surface area (Å²) in [7, 11) is -3.28. The molecule has 0 amide bonds. The van der Waals surface area contributed by atoms with Gasteiger partial charge in [0, 0.05) is 12.3 Å². The normalized spacial score (nSPS) is 11.6. The molecule has 6 heteroatoms. The Hall–Kier alpha value is -1.82. The van der Waals surface area contributed by atoms with Crippen molar-refractivity contribution < 1.29 is 8.42 Å². The standard InChI is InChI=1S/C12H15N3O2S/c1-2-9-18(16,17)11-6-4-3-5-10(11)15-8-7-12(13)14-15/h3-8H,2,9H2,1H3,(H2,13,14). The van der Waals surface area contributed by atoms with Gasteiger partial charge in [0.25, 0.3) is 0 Å². The number of nitrogens with two attached hydrogens (primary N) is 1. The van der Waals surface area contributed by atoms with E-state index in [2.05, 4.69) is 5.10 Å². The molecule has 18 heavy (non-hydrogen) atoms. The van der Waals surface area contributed by atoms with Crippen molar-refractivity contribution >= 4 is 15.7 Å². The molecule has 2 rings (SSSR count). The monoisotopic (exact) mass is 265 g/mol. The zero-order chi connectivity index (χ0) is 13.2. The highest BCUT2D eigenvalue weighted by Gasteiger charge is 2.18. The Bertz CT molecular complexity index is 647. The maximum atomic E-state index is 12.2. The number of aromatic nitrogens is 2. The van der Waals surface area contributed by atoms with E-state index in [-0.39, 0.29) is 10.6 Å². The number of benzene rings is 1. The number of nitrogens with zero attached hydrogens (tertiary/aromatic N) is 2. The molecule has 0 saturated heterocycles. The van der Waals surface area contributed by atoms with E-state index in [9.17, 15) is 8.42 Å². The summed E-state index contributed by atoms with van der Waals surface area (Å²) >= 11 is 0. The highest BCUT2D eigenvalue weighted by Crippen LogP contribution is 2.21. The first kappa shape index (κ1) is 12.6. The second-order valence-electron chi connectivity index (χ2n) is 3.97. The lowest BCUT2D eigenvalue weighted by molar-refractivity contribution is 0.593. The first-order valence-corrected chi connectivity index (χ1v) is 7.33. The van der Waals surface area contributed by atoms with Gasteiger partial charge >= 0.3 is 0 Å². The van der Waals surface area contributed by atoms with Crippen molar-refractivity contribution in [1.29, 1.82) is 0 Å². The highest BCUT2D eigenvalue weighted by atomic mass is 32.2. The fraction of sp³-hybridized carbons (Fsp3) is 0.250. The van der Waals surface area contributed by atoms with Gasteiger partial charge in [-0.1, -0.05) is 19.1 Å². The molecule has 1 aromatic heterocycles. The predicted molar refractivity (Wildman–Crippen MR) is 70.3 cm³/mol. The van der Waals surface area contributed by atoms with Gasteiger partial charge in [-0.25, -0.2) is 13.1 Å². The number of anilines is 1. The molecule has 96 valence electrons. The lowest BCUT2D eigenvalue weighted by Crippen LogP contribution is -2.10. The van der Waals surface area contributed by atoms with Crippen LogP contribution in [0.4, 0.5) is 5.82 Å². The van der Waals surface area contributed by atoms with Gasteiger partial charge in [-0.2, -0.15) is 5.10 Å². The minimum Gasteiger partial charge on any atom is -0.382 e. The van der Waals surface area contributed by atoms with Crippen LogP contribution in [0.3, 0.4) is 0 Å². The third-order valence-electron chi connectivity index (χ3n) is 2.53. The topological polar surface area (TPSA) is 78.0 Å². The Morgan fingerprint density at radius 3 is 2.61 bits per heavy atom. The largest absolute Gasteiger partial charge is 0.382 e. The summed E-state index contributed by atoms with van der Waals surface area (Å²) in [5, 5.41) is 4.05. The molecule has 1 aromatic carbocycles. The molecule has 0 saturated carbocycles. The molecule has 0 radical (unpaired) electrons. The molecular formula is C12H15N3O2S. The van der Waals surface area contributed by atoms with E-state index < -0.39 is 9.84 Å². The van der Waals surface area contributed by atoms with Crippen molar-refractivity contribution in [3.8, 4) is 5.69 Å². The van der Waals surface area contributed by atoms with Crippen molar-refractivity contribution in [3.05, 3.63) is 36.5 Å². The maximum absolute atomic E-state index is 12.2. The Kier molecular flexibility index (Phi) is 3.38. The van der Waals surface area contributed by atoms with Gasteiger partial charge in [-0.05, 0) is 18.6 Å². The van der Waals surface area contributed by atoms with Gasteiger partial charge < -0.3 is 5.73 Å².